The average molecular weight is 296 g/mol. The van der Waals surface area contributed by atoms with Gasteiger partial charge >= 0.3 is 0 Å². The van der Waals surface area contributed by atoms with E-state index in [2.05, 4.69) is 31.3 Å². The summed E-state index contributed by atoms with van der Waals surface area (Å²) in [6, 6.07) is 8.19. The van der Waals surface area contributed by atoms with E-state index in [4.69, 9.17) is 5.73 Å². The topological polar surface area (TPSA) is 55.1 Å². The number of benzene rings is 1. The van der Waals surface area contributed by atoms with Crippen molar-refractivity contribution in [3.8, 4) is 0 Å². The number of nitrogens with one attached hydrogen (secondary N) is 1. The molecule has 5 heteroatoms. The zero-order valence-corrected chi connectivity index (χ0v) is 12.4. The van der Waals surface area contributed by atoms with Crippen molar-refractivity contribution in [3.63, 3.8) is 0 Å². The Bertz CT molecular complexity index is 500. The second-order valence-corrected chi connectivity index (χ2v) is 6.05. The van der Waals surface area contributed by atoms with Crippen LogP contribution in [0.4, 0.5) is 8.78 Å². The summed E-state index contributed by atoms with van der Waals surface area (Å²) < 4.78 is 26.0. The Labute approximate surface area is 123 Å². The van der Waals surface area contributed by atoms with Crippen molar-refractivity contribution >= 4 is 5.91 Å². The number of carbonyl (C=O) groups is 1. The molecule has 3 nitrogen and oxygen atoms in total. The van der Waals surface area contributed by atoms with Gasteiger partial charge in [-0.15, -0.1) is 0 Å². The van der Waals surface area contributed by atoms with Crippen LogP contribution in [0.15, 0.2) is 24.3 Å². The summed E-state index contributed by atoms with van der Waals surface area (Å²) in [6.07, 6.45) is 0.723. The van der Waals surface area contributed by atoms with Crippen molar-refractivity contribution in [2.45, 2.75) is 38.0 Å². The largest absolute Gasteiger partial charge is 0.350 e. The molecule has 0 aromatic heterocycles. The number of carbonyl (C=O) groups excluding carboxylic acids is 1. The van der Waals surface area contributed by atoms with E-state index >= 15 is 0 Å². The van der Waals surface area contributed by atoms with Crippen molar-refractivity contribution in [1.82, 2.24) is 5.32 Å². The SMILES string of the molecule is CC(C)c1ccc(C2CC2C(=O)NCC(F)(F)CN)cc1. The number of amides is 1. The maximum Gasteiger partial charge on any atom is 0.277 e. The number of hydrogen-bond donors (Lipinski definition) is 2. The minimum atomic E-state index is -3.03. The highest BCUT2D eigenvalue weighted by Crippen LogP contribution is 2.47. The maximum absolute atomic E-state index is 13.0. The molecule has 1 aliphatic rings. The van der Waals surface area contributed by atoms with Crippen LogP contribution < -0.4 is 11.1 Å². The second kappa shape index (κ2) is 6.10. The van der Waals surface area contributed by atoms with Crippen molar-refractivity contribution < 1.29 is 13.6 Å². The van der Waals surface area contributed by atoms with E-state index in [0.717, 1.165) is 12.0 Å². The molecule has 1 aliphatic carbocycles. The van der Waals surface area contributed by atoms with E-state index in [1.165, 1.54) is 5.56 Å². The quantitative estimate of drug-likeness (QED) is 0.848. The molecule has 3 N–H and O–H groups in total. The van der Waals surface area contributed by atoms with Gasteiger partial charge in [-0.3, -0.25) is 4.79 Å². The highest BCUT2D eigenvalue weighted by atomic mass is 19.3. The van der Waals surface area contributed by atoms with E-state index in [-0.39, 0.29) is 17.7 Å². The Hall–Kier alpha value is -1.49. The molecule has 0 bridgehead atoms. The van der Waals surface area contributed by atoms with E-state index in [1.807, 2.05) is 12.1 Å². The van der Waals surface area contributed by atoms with Crippen LogP contribution in [0.25, 0.3) is 0 Å². The van der Waals surface area contributed by atoms with Crippen LogP contribution >= 0.6 is 0 Å². The highest BCUT2D eigenvalue weighted by Gasteiger charge is 2.44. The number of halogens is 2. The molecule has 2 rings (SSSR count). The maximum atomic E-state index is 13.0. The molecule has 1 aromatic rings. The number of nitrogens with two attached hydrogens (primary N) is 1. The molecule has 1 amide bonds. The first-order chi connectivity index (χ1) is 9.84. The second-order valence-electron chi connectivity index (χ2n) is 6.05. The van der Waals surface area contributed by atoms with Crippen LogP contribution in [-0.2, 0) is 4.79 Å². The van der Waals surface area contributed by atoms with Crippen LogP contribution in [0, 0.1) is 5.92 Å². The Morgan fingerprint density at radius 3 is 2.52 bits per heavy atom. The van der Waals surface area contributed by atoms with Gasteiger partial charge in [0.25, 0.3) is 5.92 Å². The van der Waals surface area contributed by atoms with Crippen LogP contribution in [0.2, 0.25) is 0 Å². The number of alkyl halides is 2. The predicted octanol–water partition coefficient (Wildman–Crippen LogP) is 2.62. The molecular weight excluding hydrogens is 274 g/mol. The molecule has 1 aromatic carbocycles. The average Bonchev–Trinajstić information content (AvgIpc) is 3.25. The van der Waals surface area contributed by atoms with Crippen LogP contribution in [-0.4, -0.2) is 24.9 Å². The molecule has 116 valence electrons. The summed E-state index contributed by atoms with van der Waals surface area (Å²) >= 11 is 0. The van der Waals surface area contributed by atoms with Gasteiger partial charge in [-0.2, -0.15) is 0 Å². The lowest BCUT2D eigenvalue weighted by atomic mass is 10.00. The third kappa shape index (κ3) is 4.00. The van der Waals surface area contributed by atoms with Gasteiger partial charge in [-0.1, -0.05) is 38.1 Å². The van der Waals surface area contributed by atoms with Gasteiger partial charge in [0.1, 0.15) is 0 Å². The smallest absolute Gasteiger partial charge is 0.277 e. The molecule has 0 spiro atoms. The third-order valence-corrected chi connectivity index (χ3v) is 3.98. The minimum Gasteiger partial charge on any atom is -0.350 e. The minimum absolute atomic E-state index is 0.151. The monoisotopic (exact) mass is 296 g/mol. The Morgan fingerprint density at radius 1 is 1.38 bits per heavy atom. The lowest BCUT2D eigenvalue weighted by Crippen LogP contribution is -2.42. The van der Waals surface area contributed by atoms with E-state index in [0.29, 0.717) is 5.92 Å². The van der Waals surface area contributed by atoms with Gasteiger partial charge in [-0.05, 0) is 29.4 Å². The zero-order chi connectivity index (χ0) is 15.6. The van der Waals surface area contributed by atoms with Crippen molar-refractivity contribution in [2.24, 2.45) is 11.7 Å². The summed E-state index contributed by atoms with van der Waals surface area (Å²) in [5, 5.41) is 2.30. The Morgan fingerprint density at radius 2 is 2.00 bits per heavy atom. The summed E-state index contributed by atoms with van der Waals surface area (Å²) in [7, 11) is 0. The molecule has 0 aliphatic heterocycles. The third-order valence-electron chi connectivity index (χ3n) is 3.98. The molecule has 1 saturated carbocycles. The van der Waals surface area contributed by atoms with Crippen LogP contribution in [0.3, 0.4) is 0 Å². The molecule has 1 fully saturated rings. The molecular formula is C16H22F2N2O. The van der Waals surface area contributed by atoms with Crippen molar-refractivity contribution in [2.75, 3.05) is 13.1 Å². The fourth-order valence-electron chi connectivity index (χ4n) is 2.40. The first kappa shape index (κ1) is 15.9. The van der Waals surface area contributed by atoms with Gasteiger partial charge < -0.3 is 11.1 Å². The van der Waals surface area contributed by atoms with E-state index < -0.39 is 19.0 Å². The first-order valence-electron chi connectivity index (χ1n) is 7.29. The molecule has 21 heavy (non-hydrogen) atoms. The van der Waals surface area contributed by atoms with Gasteiger partial charge in [0.2, 0.25) is 5.91 Å². The summed E-state index contributed by atoms with van der Waals surface area (Å²) in [5.41, 5.74) is 7.29. The molecule has 2 unspecified atom stereocenters. The Balaban J connectivity index is 1.87. The molecule has 2 atom stereocenters. The van der Waals surface area contributed by atoms with E-state index in [1.54, 1.807) is 0 Å². The normalized spacial score (nSPS) is 21.4. The van der Waals surface area contributed by atoms with Gasteiger partial charge in [0.15, 0.2) is 0 Å². The van der Waals surface area contributed by atoms with Crippen LogP contribution in [0.1, 0.15) is 43.2 Å². The lowest BCUT2D eigenvalue weighted by Gasteiger charge is -2.14. The highest BCUT2D eigenvalue weighted by molar-refractivity contribution is 5.82. The summed E-state index contributed by atoms with van der Waals surface area (Å²) in [6.45, 7) is 2.82. The zero-order valence-electron chi connectivity index (χ0n) is 12.4. The van der Waals surface area contributed by atoms with E-state index in [9.17, 15) is 13.6 Å². The van der Waals surface area contributed by atoms with Gasteiger partial charge in [-0.25, -0.2) is 8.78 Å². The number of hydrogen-bond acceptors (Lipinski definition) is 2. The fraction of sp³-hybridized carbons (Fsp3) is 0.562. The van der Waals surface area contributed by atoms with Crippen molar-refractivity contribution in [3.05, 3.63) is 35.4 Å². The predicted molar refractivity (Wildman–Crippen MR) is 78.4 cm³/mol. The summed E-state index contributed by atoms with van der Waals surface area (Å²) in [5.74, 6) is -2.91. The fourth-order valence-corrected chi connectivity index (χ4v) is 2.40. The van der Waals surface area contributed by atoms with Crippen LogP contribution in [0.5, 0.6) is 0 Å². The van der Waals surface area contributed by atoms with Crippen molar-refractivity contribution in [1.29, 1.82) is 0 Å². The first-order valence-corrected chi connectivity index (χ1v) is 7.29. The molecule has 0 radical (unpaired) electrons. The van der Waals surface area contributed by atoms with Gasteiger partial charge in [0.05, 0.1) is 13.1 Å². The standard InChI is InChI=1S/C16H22F2N2O/c1-10(2)11-3-5-12(6-4-11)13-7-14(13)15(21)20-9-16(17,18)8-19/h3-6,10,13-14H,7-9,19H2,1-2H3,(H,20,21). The Kier molecular flexibility index (Phi) is 4.61. The van der Waals surface area contributed by atoms with Gasteiger partial charge in [0, 0.05) is 5.92 Å². The molecule has 0 saturated heterocycles. The summed E-state index contributed by atoms with van der Waals surface area (Å²) in [4.78, 5) is 11.8. The lowest BCUT2D eigenvalue weighted by molar-refractivity contribution is -0.124. The number of rotatable bonds is 6. The molecule has 0 heterocycles.